The Balaban J connectivity index is 1.77. The van der Waals surface area contributed by atoms with Gasteiger partial charge >= 0.3 is 0 Å². The maximum absolute atomic E-state index is 13.4. The van der Waals surface area contributed by atoms with E-state index < -0.39 is 15.9 Å². The maximum Gasteiger partial charge on any atom is 0.257 e. The van der Waals surface area contributed by atoms with E-state index in [9.17, 15) is 13.2 Å². The predicted octanol–water partition coefficient (Wildman–Crippen LogP) is 4.59. The second-order valence-electron chi connectivity index (χ2n) is 7.62. The number of aromatic nitrogens is 2. The van der Waals surface area contributed by atoms with Gasteiger partial charge in [0.1, 0.15) is 17.2 Å². The quantitative estimate of drug-likeness (QED) is 0.435. The molecule has 170 valence electrons. The Morgan fingerprint density at radius 2 is 1.70 bits per heavy atom. The topological polar surface area (TPSA) is 83.8 Å². The average molecular weight is 463 g/mol. The van der Waals surface area contributed by atoms with Crippen molar-refractivity contribution in [3.63, 3.8) is 0 Å². The Kier molecular flexibility index (Phi) is 6.31. The molecule has 7 nitrogen and oxygen atoms in total. The van der Waals surface area contributed by atoms with Gasteiger partial charge in [-0.15, -0.1) is 0 Å². The highest BCUT2D eigenvalue weighted by molar-refractivity contribution is 7.89. The minimum atomic E-state index is -3.69. The van der Waals surface area contributed by atoms with Crippen molar-refractivity contribution in [1.29, 1.82) is 0 Å². The van der Waals surface area contributed by atoms with Crippen molar-refractivity contribution < 1.29 is 13.2 Å². The Labute approximate surface area is 193 Å². The monoisotopic (exact) mass is 462 g/mol. The number of sulfonamides is 1. The number of aryl methyl sites for hydroxylation is 1. The number of hydrogen-bond donors (Lipinski definition) is 1. The third-order valence-corrected chi connectivity index (χ3v) is 7.65. The molecule has 1 N–H and O–H groups in total. The number of nitrogens with one attached hydrogen (secondary N) is 1. The number of rotatable bonds is 7. The van der Waals surface area contributed by atoms with Gasteiger partial charge in [0.2, 0.25) is 10.0 Å². The first kappa shape index (κ1) is 22.7. The van der Waals surface area contributed by atoms with Gasteiger partial charge < -0.3 is 5.32 Å². The average Bonchev–Trinajstić information content (AvgIpc) is 3.18. The Bertz CT molecular complexity index is 1410. The maximum atomic E-state index is 13.4. The van der Waals surface area contributed by atoms with Gasteiger partial charge in [-0.2, -0.15) is 4.31 Å². The van der Waals surface area contributed by atoms with Crippen molar-refractivity contribution in [2.24, 2.45) is 0 Å². The highest BCUT2D eigenvalue weighted by atomic mass is 32.2. The van der Waals surface area contributed by atoms with Gasteiger partial charge in [-0.3, -0.25) is 9.20 Å². The van der Waals surface area contributed by atoms with Crippen molar-refractivity contribution in [3.8, 4) is 11.3 Å². The molecule has 4 rings (SSSR count). The lowest BCUT2D eigenvalue weighted by molar-refractivity contribution is 0.102. The van der Waals surface area contributed by atoms with Gasteiger partial charge in [-0.1, -0.05) is 56.3 Å². The van der Waals surface area contributed by atoms with Crippen LogP contribution < -0.4 is 5.32 Å². The van der Waals surface area contributed by atoms with E-state index in [0.29, 0.717) is 41.4 Å². The van der Waals surface area contributed by atoms with E-state index >= 15 is 0 Å². The molecule has 2 heterocycles. The summed E-state index contributed by atoms with van der Waals surface area (Å²) < 4.78 is 29.2. The summed E-state index contributed by atoms with van der Waals surface area (Å²) in [6, 6.07) is 19.9. The molecule has 4 aromatic rings. The molecule has 0 aliphatic heterocycles. The van der Waals surface area contributed by atoms with Gasteiger partial charge in [-0.25, -0.2) is 13.4 Å². The largest absolute Gasteiger partial charge is 0.306 e. The number of carbonyl (C=O) groups excluding carboxylic acids is 1. The molecule has 0 spiro atoms. The minimum Gasteiger partial charge on any atom is -0.306 e. The van der Waals surface area contributed by atoms with Crippen molar-refractivity contribution in [2.45, 2.75) is 25.7 Å². The highest BCUT2D eigenvalue weighted by Gasteiger charge is 2.24. The van der Waals surface area contributed by atoms with E-state index in [1.165, 1.54) is 10.4 Å². The van der Waals surface area contributed by atoms with Crippen LogP contribution in [0.5, 0.6) is 0 Å². The van der Waals surface area contributed by atoms with Crippen LogP contribution in [0.3, 0.4) is 0 Å². The summed E-state index contributed by atoms with van der Waals surface area (Å²) in [7, 11) is -3.69. The van der Waals surface area contributed by atoms with E-state index in [-0.39, 0.29) is 4.90 Å². The molecule has 0 bridgehead atoms. The molecule has 2 aromatic heterocycles. The van der Waals surface area contributed by atoms with Crippen LogP contribution in [0, 0.1) is 6.92 Å². The smallest absolute Gasteiger partial charge is 0.257 e. The number of imidazole rings is 1. The number of fused-ring (bicyclic) bond motifs is 1. The molecule has 0 saturated heterocycles. The number of amides is 1. The summed E-state index contributed by atoms with van der Waals surface area (Å²) in [6.07, 6.45) is 1.83. The van der Waals surface area contributed by atoms with Gasteiger partial charge in [0.15, 0.2) is 0 Å². The van der Waals surface area contributed by atoms with Crippen LogP contribution in [0.2, 0.25) is 0 Å². The lowest BCUT2D eigenvalue weighted by Gasteiger charge is -2.19. The van der Waals surface area contributed by atoms with E-state index in [1.807, 2.05) is 59.1 Å². The fourth-order valence-corrected chi connectivity index (χ4v) is 5.29. The van der Waals surface area contributed by atoms with Crippen molar-refractivity contribution in [2.75, 3.05) is 18.4 Å². The summed E-state index contributed by atoms with van der Waals surface area (Å²) in [5.41, 5.74) is 3.18. The van der Waals surface area contributed by atoms with E-state index in [2.05, 4.69) is 5.32 Å². The van der Waals surface area contributed by atoms with Crippen molar-refractivity contribution in [1.82, 2.24) is 13.7 Å². The summed E-state index contributed by atoms with van der Waals surface area (Å²) in [4.78, 5) is 18.2. The third kappa shape index (κ3) is 4.27. The molecule has 33 heavy (non-hydrogen) atoms. The number of benzene rings is 2. The second kappa shape index (κ2) is 9.17. The molecule has 1 amide bonds. The summed E-state index contributed by atoms with van der Waals surface area (Å²) >= 11 is 0. The van der Waals surface area contributed by atoms with Gasteiger partial charge in [0, 0.05) is 30.4 Å². The molecule has 8 heteroatoms. The van der Waals surface area contributed by atoms with Crippen LogP contribution in [0.15, 0.2) is 77.8 Å². The second-order valence-corrected chi connectivity index (χ2v) is 9.56. The zero-order valence-corrected chi connectivity index (χ0v) is 19.6. The standard InChI is InChI=1S/C25H26N4O3S/c1-4-28(5-2)33(31,32)20-15-14-18(3)21(17-20)25(30)27-24-23(19-11-7-6-8-12-19)26-22-13-9-10-16-29(22)24/h6-17H,4-5H2,1-3H3,(H,27,30). The zero-order valence-electron chi connectivity index (χ0n) is 18.8. The first-order valence-corrected chi connectivity index (χ1v) is 12.3. The van der Waals surface area contributed by atoms with Crippen molar-refractivity contribution in [3.05, 3.63) is 84.1 Å². The summed E-state index contributed by atoms with van der Waals surface area (Å²) in [6.45, 7) is 6.08. The van der Waals surface area contributed by atoms with E-state index in [0.717, 1.165) is 5.56 Å². The molecule has 0 aliphatic carbocycles. The minimum absolute atomic E-state index is 0.100. The Hall–Kier alpha value is -3.49. The van der Waals surface area contributed by atoms with Gasteiger partial charge in [-0.05, 0) is 36.8 Å². The molecule has 0 saturated carbocycles. The predicted molar refractivity (Wildman–Crippen MR) is 130 cm³/mol. The molecule has 0 unspecified atom stereocenters. The molecule has 0 aliphatic rings. The fraction of sp³-hybridized carbons (Fsp3) is 0.200. The first-order valence-electron chi connectivity index (χ1n) is 10.8. The van der Waals surface area contributed by atoms with Crippen LogP contribution >= 0.6 is 0 Å². The number of hydrogen-bond acceptors (Lipinski definition) is 4. The lowest BCUT2D eigenvalue weighted by Crippen LogP contribution is -2.30. The van der Waals surface area contributed by atoms with E-state index in [4.69, 9.17) is 4.98 Å². The van der Waals surface area contributed by atoms with Crippen LogP contribution in [0.1, 0.15) is 29.8 Å². The number of anilines is 1. The summed E-state index contributed by atoms with van der Waals surface area (Å²) in [5, 5.41) is 2.98. The Morgan fingerprint density at radius 1 is 1.00 bits per heavy atom. The van der Waals surface area contributed by atoms with Crippen LogP contribution in [-0.4, -0.2) is 41.1 Å². The number of pyridine rings is 1. The Morgan fingerprint density at radius 3 is 2.39 bits per heavy atom. The zero-order chi connectivity index (χ0) is 23.6. The fourth-order valence-electron chi connectivity index (χ4n) is 3.81. The molecular weight excluding hydrogens is 436 g/mol. The highest BCUT2D eigenvalue weighted by Crippen LogP contribution is 2.29. The van der Waals surface area contributed by atoms with E-state index in [1.54, 1.807) is 32.9 Å². The molecular formula is C25H26N4O3S. The van der Waals surface area contributed by atoms with Crippen LogP contribution in [0.4, 0.5) is 5.82 Å². The molecule has 0 radical (unpaired) electrons. The van der Waals surface area contributed by atoms with Gasteiger partial charge in [0.25, 0.3) is 5.91 Å². The lowest BCUT2D eigenvalue weighted by atomic mass is 10.1. The third-order valence-electron chi connectivity index (χ3n) is 5.61. The van der Waals surface area contributed by atoms with Crippen LogP contribution in [0.25, 0.3) is 16.9 Å². The molecule has 0 fully saturated rings. The molecule has 2 aromatic carbocycles. The SMILES string of the molecule is CCN(CC)S(=O)(=O)c1ccc(C)c(C(=O)Nc2c(-c3ccccc3)nc3ccccn23)c1. The normalized spacial score (nSPS) is 11.8. The molecule has 0 atom stereocenters. The van der Waals surface area contributed by atoms with Crippen LogP contribution in [-0.2, 0) is 10.0 Å². The number of carbonyl (C=O) groups is 1. The first-order chi connectivity index (χ1) is 15.9. The summed E-state index contributed by atoms with van der Waals surface area (Å²) in [5.74, 6) is 0.130. The van der Waals surface area contributed by atoms with Crippen molar-refractivity contribution >= 4 is 27.4 Å². The number of nitrogens with zero attached hydrogens (tertiary/aromatic N) is 3. The van der Waals surface area contributed by atoms with Gasteiger partial charge in [0.05, 0.1) is 4.90 Å².